The van der Waals surface area contributed by atoms with Crippen molar-refractivity contribution in [2.75, 3.05) is 14.2 Å². The van der Waals surface area contributed by atoms with Crippen molar-refractivity contribution in [2.24, 2.45) is 5.92 Å². The molecule has 0 saturated carbocycles. The van der Waals surface area contributed by atoms with E-state index in [0.29, 0.717) is 0 Å². The first-order chi connectivity index (χ1) is 9.95. The lowest BCUT2D eigenvalue weighted by molar-refractivity contribution is -0.158. The SMILES string of the molecule is COC(=O)[C@H]1[C@H](c2ccccc2)CC(=O)N(C)[C@@]1(C)C#N. The van der Waals surface area contributed by atoms with E-state index in [1.807, 2.05) is 30.3 Å². The number of rotatable bonds is 2. The minimum atomic E-state index is -1.22. The number of hydrogen-bond donors (Lipinski definition) is 0. The van der Waals surface area contributed by atoms with Gasteiger partial charge in [0, 0.05) is 19.4 Å². The van der Waals surface area contributed by atoms with Crippen LogP contribution in [-0.4, -0.2) is 36.5 Å². The highest BCUT2D eigenvalue weighted by Crippen LogP contribution is 2.43. The molecule has 0 spiro atoms. The lowest BCUT2D eigenvalue weighted by Gasteiger charge is -2.46. The Hall–Kier alpha value is -2.35. The smallest absolute Gasteiger partial charge is 0.312 e. The van der Waals surface area contributed by atoms with Gasteiger partial charge in [-0.15, -0.1) is 0 Å². The topological polar surface area (TPSA) is 70.4 Å². The molecule has 0 N–H and O–H groups in total. The molecule has 3 atom stereocenters. The maximum Gasteiger partial charge on any atom is 0.312 e. The van der Waals surface area contributed by atoms with Crippen molar-refractivity contribution in [3.8, 4) is 6.07 Å². The molecule has 1 fully saturated rings. The number of carbonyl (C=O) groups excluding carboxylic acids is 2. The number of likely N-dealkylation sites (tertiary alicyclic amines) is 1. The Bertz CT molecular complexity index is 593. The third kappa shape index (κ3) is 2.38. The summed E-state index contributed by atoms with van der Waals surface area (Å²) in [6.07, 6.45) is 0.192. The van der Waals surface area contributed by atoms with E-state index >= 15 is 0 Å². The predicted octanol–water partition coefficient (Wildman–Crippen LogP) is 1.70. The molecule has 0 unspecified atom stereocenters. The monoisotopic (exact) mass is 286 g/mol. The molecule has 0 bridgehead atoms. The fraction of sp³-hybridized carbons (Fsp3) is 0.438. The van der Waals surface area contributed by atoms with Gasteiger partial charge in [0.1, 0.15) is 11.5 Å². The summed E-state index contributed by atoms with van der Waals surface area (Å²) in [7, 11) is 2.86. The average molecular weight is 286 g/mol. The van der Waals surface area contributed by atoms with E-state index in [1.165, 1.54) is 12.0 Å². The first kappa shape index (κ1) is 15.0. The van der Waals surface area contributed by atoms with Crippen LogP contribution >= 0.6 is 0 Å². The lowest BCUT2D eigenvalue weighted by atomic mass is 9.69. The van der Waals surface area contributed by atoms with Crippen molar-refractivity contribution in [2.45, 2.75) is 24.8 Å². The number of nitrogens with zero attached hydrogens (tertiary/aromatic N) is 2. The zero-order chi connectivity index (χ0) is 15.6. The highest BCUT2D eigenvalue weighted by Gasteiger charge is 2.54. The summed E-state index contributed by atoms with van der Waals surface area (Å²) < 4.78 is 4.89. The van der Waals surface area contributed by atoms with Crippen LogP contribution in [0.5, 0.6) is 0 Å². The summed E-state index contributed by atoms with van der Waals surface area (Å²) >= 11 is 0. The number of nitriles is 1. The minimum Gasteiger partial charge on any atom is -0.469 e. The summed E-state index contributed by atoms with van der Waals surface area (Å²) in [5.41, 5.74) is -0.348. The third-order valence-electron chi connectivity index (χ3n) is 4.38. The Morgan fingerprint density at radius 1 is 1.43 bits per heavy atom. The van der Waals surface area contributed by atoms with Gasteiger partial charge in [0.25, 0.3) is 0 Å². The normalized spacial score (nSPS) is 28.9. The number of piperidine rings is 1. The van der Waals surface area contributed by atoms with E-state index < -0.39 is 17.4 Å². The third-order valence-corrected chi connectivity index (χ3v) is 4.38. The van der Waals surface area contributed by atoms with Crippen LogP contribution in [0, 0.1) is 17.2 Å². The van der Waals surface area contributed by atoms with Crippen molar-refractivity contribution in [1.82, 2.24) is 4.90 Å². The van der Waals surface area contributed by atoms with E-state index in [2.05, 4.69) is 6.07 Å². The second-order valence-corrected chi connectivity index (χ2v) is 5.43. The van der Waals surface area contributed by atoms with Gasteiger partial charge < -0.3 is 9.64 Å². The van der Waals surface area contributed by atoms with E-state index in [9.17, 15) is 14.9 Å². The number of ether oxygens (including phenoxy) is 1. The molecule has 110 valence electrons. The molecule has 1 aliphatic heterocycles. The molecule has 1 saturated heterocycles. The van der Waals surface area contributed by atoms with Crippen LogP contribution in [-0.2, 0) is 14.3 Å². The zero-order valence-corrected chi connectivity index (χ0v) is 12.4. The molecule has 2 rings (SSSR count). The number of benzene rings is 1. The molecule has 1 aromatic carbocycles. The number of esters is 1. The Morgan fingerprint density at radius 2 is 2.05 bits per heavy atom. The minimum absolute atomic E-state index is 0.145. The standard InChI is InChI=1S/C16H18N2O3/c1-16(10-17)14(15(20)21-3)12(9-13(19)18(16)2)11-7-5-4-6-8-11/h4-8,12,14H,9H2,1-3H3/t12-,14+,16-/m0/s1. The van der Waals surface area contributed by atoms with Gasteiger partial charge in [0.15, 0.2) is 0 Å². The summed E-state index contributed by atoms with van der Waals surface area (Å²) in [5.74, 6) is -1.68. The van der Waals surface area contributed by atoms with Crippen LogP contribution in [0.25, 0.3) is 0 Å². The van der Waals surface area contributed by atoms with Crippen LogP contribution in [0.2, 0.25) is 0 Å². The van der Waals surface area contributed by atoms with Gasteiger partial charge >= 0.3 is 5.97 Å². The Labute approximate surface area is 124 Å². The quantitative estimate of drug-likeness (QED) is 0.776. The second kappa shape index (κ2) is 5.57. The largest absolute Gasteiger partial charge is 0.469 e. The summed E-state index contributed by atoms with van der Waals surface area (Å²) in [6.45, 7) is 1.61. The second-order valence-electron chi connectivity index (χ2n) is 5.43. The Balaban J connectivity index is 2.55. The first-order valence-electron chi connectivity index (χ1n) is 6.76. The maximum atomic E-state index is 12.3. The van der Waals surface area contributed by atoms with Crippen molar-refractivity contribution in [1.29, 1.82) is 5.26 Å². The van der Waals surface area contributed by atoms with Crippen LogP contribution in [0.15, 0.2) is 30.3 Å². The van der Waals surface area contributed by atoms with Crippen molar-refractivity contribution < 1.29 is 14.3 Å². The highest BCUT2D eigenvalue weighted by atomic mass is 16.5. The predicted molar refractivity (Wildman–Crippen MR) is 76.1 cm³/mol. The van der Waals surface area contributed by atoms with Gasteiger partial charge in [-0.3, -0.25) is 9.59 Å². The van der Waals surface area contributed by atoms with E-state index in [4.69, 9.17) is 4.74 Å². The fourth-order valence-electron chi connectivity index (χ4n) is 2.98. The van der Waals surface area contributed by atoms with Crippen LogP contribution < -0.4 is 0 Å². The van der Waals surface area contributed by atoms with Gasteiger partial charge in [0.2, 0.25) is 5.91 Å². The number of hydrogen-bond acceptors (Lipinski definition) is 4. The molecule has 5 heteroatoms. The molecule has 21 heavy (non-hydrogen) atoms. The molecule has 0 aromatic heterocycles. The summed E-state index contributed by atoms with van der Waals surface area (Å²) in [6, 6.07) is 11.5. The number of methoxy groups -OCH3 is 1. The first-order valence-corrected chi connectivity index (χ1v) is 6.76. The highest BCUT2D eigenvalue weighted by molar-refractivity contribution is 5.85. The van der Waals surface area contributed by atoms with Gasteiger partial charge in [-0.1, -0.05) is 30.3 Å². The van der Waals surface area contributed by atoms with Crippen LogP contribution in [0.3, 0.4) is 0 Å². The summed E-state index contributed by atoms with van der Waals surface area (Å²) in [4.78, 5) is 25.9. The molecule has 1 heterocycles. The number of carbonyl (C=O) groups is 2. The van der Waals surface area contributed by atoms with E-state index in [0.717, 1.165) is 5.56 Å². The van der Waals surface area contributed by atoms with E-state index in [-0.39, 0.29) is 18.2 Å². The molecule has 1 amide bonds. The molecule has 1 aliphatic rings. The van der Waals surface area contributed by atoms with Gasteiger partial charge in [-0.25, -0.2) is 0 Å². The van der Waals surface area contributed by atoms with Crippen LogP contribution in [0.1, 0.15) is 24.8 Å². The molecule has 1 aromatic rings. The number of amides is 1. The molecule has 5 nitrogen and oxygen atoms in total. The Kier molecular flexibility index (Phi) is 3.99. The molecular formula is C16H18N2O3. The molecule has 0 aliphatic carbocycles. The van der Waals surface area contributed by atoms with Gasteiger partial charge in [0.05, 0.1) is 13.2 Å². The van der Waals surface area contributed by atoms with E-state index in [1.54, 1.807) is 14.0 Å². The fourth-order valence-corrected chi connectivity index (χ4v) is 2.98. The zero-order valence-electron chi connectivity index (χ0n) is 12.4. The van der Waals surface area contributed by atoms with Crippen molar-refractivity contribution in [3.05, 3.63) is 35.9 Å². The maximum absolute atomic E-state index is 12.3. The van der Waals surface area contributed by atoms with Gasteiger partial charge in [-0.2, -0.15) is 5.26 Å². The van der Waals surface area contributed by atoms with Crippen molar-refractivity contribution in [3.63, 3.8) is 0 Å². The average Bonchev–Trinajstić information content (AvgIpc) is 2.52. The molecular weight excluding hydrogens is 268 g/mol. The van der Waals surface area contributed by atoms with Crippen LogP contribution in [0.4, 0.5) is 0 Å². The van der Waals surface area contributed by atoms with Gasteiger partial charge in [-0.05, 0) is 12.5 Å². The van der Waals surface area contributed by atoms with Crippen molar-refractivity contribution >= 4 is 11.9 Å². The Morgan fingerprint density at radius 3 is 2.57 bits per heavy atom. The lowest BCUT2D eigenvalue weighted by Crippen LogP contribution is -2.60. The molecule has 0 radical (unpaired) electrons. The summed E-state index contributed by atoms with van der Waals surface area (Å²) in [5, 5.41) is 9.57.